The highest BCUT2D eigenvalue weighted by atomic mass is 35.5. The lowest BCUT2D eigenvalue weighted by Crippen LogP contribution is -2.28. The number of nitrogen functional groups attached to an aromatic ring is 1. The van der Waals surface area contributed by atoms with Gasteiger partial charge in [0, 0.05) is 16.8 Å². The number of hydrogen-bond acceptors (Lipinski definition) is 3. The fraction of sp³-hybridized carbons (Fsp3) is 0.200. The Morgan fingerprint density at radius 2 is 1.86 bits per heavy atom. The van der Waals surface area contributed by atoms with E-state index in [4.69, 9.17) is 17.3 Å². The molecule has 0 heterocycles. The summed E-state index contributed by atoms with van der Waals surface area (Å²) in [5, 5.41) is 0.619. The molecule has 1 unspecified atom stereocenters. The number of rotatable bonds is 5. The molecule has 2 aromatic rings. The Morgan fingerprint density at radius 1 is 1.19 bits per heavy atom. The van der Waals surface area contributed by atoms with Gasteiger partial charge in [-0.2, -0.15) is 0 Å². The molecule has 0 aliphatic carbocycles. The van der Waals surface area contributed by atoms with Gasteiger partial charge >= 0.3 is 0 Å². The summed E-state index contributed by atoms with van der Waals surface area (Å²) in [6, 6.07) is 13.6. The van der Waals surface area contributed by atoms with Crippen molar-refractivity contribution in [2.45, 2.75) is 18.7 Å². The van der Waals surface area contributed by atoms with E-state index in [1.54, 1.807) is 55.5 Å². The van der Waals surface area contributed by atoms with Crippen molar-refractivity contribution < 1.29 is 8.42 Å². The summed E-state index contributed by atoms with van der Waals surface area (Å²) in [4.78, 5) is 0. The van der Waals surface area contributed by atoms with Crippen LogP contribution in [-0.2, 0) is 15.8 Å². The van der Waals surface area contributed by atoms with Crippen LogP contribution in [0.2, 0.25) is 5.02 Å². The van der Waals surface area contributed by atoms with Gasteiger partial charge in [-0.25, -0.2) is 13.1 Å². The summed E-state index contributed by atoms with van der Waals surface area (Å²) in [6.07, 6.45) is 0. The lowest BCUT2D eigenvalue weighted by atomic mass is 10.1. The molecule has 2 rings (SSSR count). The Bertz CT molecular complexity index is 715. The number of nitrogens with two attached hydrogens (primary N) is 1. The lowest BCUT2D eigenvalue weighted by molar-refractivity contribution is 0.566. The van der Waals surface area contributed by atoms with E-state index in [2.05, 4.69) is 4.72 Å². The van der Waals surface area contributed by atoms with E-state index in [0.717, 1.165) is 5.56 Å². The monoisotopic (exact) mass is 324 g/mol. The third kappa shape index (κ3) is 4.74. The molecular formula is C15H17ClN2O2S. The third-order valence-corrected chi connectivity index (χ3v) is 4.71. The van der Waals surface area contributed by atoms with Crippen molar-refractivity contribution >= 4 is 27.3 Å². The molecule has 0 fully saturated rings. The Hall–Kier alpha value is -1.56. The van der Waals surface area contributed by atoms with E-state index in [-0.39, 0.29) is 11.8 Å². The molecule has 0 amide bonds. The van der Waals surface area contributed by atoms with E-state index in [1.165, 1.54) is 0 Å². The maximum atomic E-state index is 12.2. The van der Waals surface area contributed by atoms with Crippen LogP contribution < -0.4 is 10.5 Å². The lowest BCUT2D eigenvalue weighted by Gasteiger charge is -2.15. The molecule has 6 heteroatoms. The Labute approximate surface area is 130 Å². The molecule has 0 aliphatic rings. The average Bonchev–Trinajstić information content (AvgIpc) is 2.38. The van der Waals surface area contributed by atoms with Crippen molar-refractivity contribution in [2.75, 3.05) is 5.73 Å². The Morgan fingerprint density at radius 3 is 2.48 bits per heavy atom. The van der Waals surface area contributed by atoms with Gasteiger partial charge in [-0.15, -0.1) is 0 Å². The molecule has 0 aromatic heterocycles. The summed E-state index contributed by atoms with van der Waals surface area (Å²) in [5.41, 5.74) is 7.72. The standard InChI is InChI=1S/C15H17ClN2O2S/c1-11(13-5-7-14(16)8-6-13)18-21(19,20)10-12-3-2-4-15(17)9-12/h2-9,11,18H,10,17H2,1H3. The minimum absolute atomic E-state index is 0.101. The van der Waals surface area contributed by atoms with E-state index in [9.17, 15) is 8.42 Å². The zero-order valence-corrected chi connectivity index (χ0v) is 13.2. The molecule has 3 N–H and O–H groups in total. The fourth-order valence-corrected chi connectivity index (χ4v) is 3.54. The highest BCUT2D eigenvalue weighted by Gasteiger charge is 2.16. The maximum absolute atomic E-state index is 12.2. The predicted octanol–water partition coefficient (Wildman–Crippen LogP) is 3.10. The van der Waals surface area contributed by atoms with Crippen LogP contribution >= 0.6 is 11.6 Å². The first-order chi connectivity index (χ1) is 9.85. The van der Waals surface area contributed by atoms with Gasteiger partial charge in [-0.3, -0.25) is 0 Å². The Kier molecular flexibility index (Phi) is 4.88. The van der Waals surface area contributed by atoms with E-state index in [1.807, 2.05) is 0 Å². The molecule has 0 saturated carbocycles. The topological polar surface area (TPSA) is 72.2 Å². The van der Waals surface area contributed by atoms with Crippen molar-refractivity contribution in [1.29, 1.82) is 0 Å². The summed E-state index contributed by atoms with van der Waals surface area (Å²) in [5.74, 6) is -0.101. The molecule has 0 radical (unpaired) electrons. The second kappa shape index (κ2) is 6.47. The normalized spacial score (nSPS) is 13.0. The van der Waals surface area contributed by atoms with Crippen LogP contribution in [-0.4, -0.2) is 8.42 Å². The highest BCUT2D eigenvalue weighted by Crippen LogP contribution is 2.18. The number of halogens is 1. The third-order valence-electron chi connectivity index (χ3n) is 3.03. The number of anilines is 1. The van der Waals surface area contributed by atoms with E-state index in [0.29, 0.717) is 16.3 Å². The fourth-order valence-electron chi connectivity index (χ4n) is 2.03. The van der Waals surface area contributed by atoms with Crippen LogP contribution in [0.25, 0.3) is 0 Å². The largest absolute Gasteiger partial charge is 0.399 e. The first-order valence-electron chi connectivity index (χ1n) is 6.45. The van der Waals surface area contributed by atoms with Crippen LogP contribution in [0, 0.1) is 0 Å². The summed E-state index contributed by atoms with van der Waals surface area (Å²) in [7, 11) is -3.45. The molecule has 1 atom stereocenters. The van der Waals surface area contributed by atoms with Gasteiger partial charge < -0.3 is 5.73 Å². The van der Waals surface area contributed by atoms with Crippen LogP contribution in [0.4, 0.5) is 5.69 Å². The van der Waals surface area contributed by atoms with Crippen LogP contribution in [0.3, 0.4) is 0 Å². The van der Waals surface area contributed by atoms with Gasteiger partial charge in [0.05, 0.1) is 5.75 Å². The molecule has 112 valence electrons. The second-order valence-electron chi connectivity index (χ2n) is 4.90. The summed E-state index contributed by atoms with van der Waals surface area (Å²) in [6.45, 7) is 1.79. The quantitative estimate of drug-likeness (QED) is 0.830. The minimum atomic E-state index is -3.45. The zero-order chi connectivity index (χ0) is 15.5. The van der Waals surface area contributed by atoms with Gasteiger partial charge in [0.2, 0.25) is 10.0 Å². The van der Waals surface area contributed by atoms with Crippen LogP contribution in [0.1, 0.15) is 24.1 Å². The predicted molar refractivity (Wildman–Crippen MR) is 86.5 cm³/mol. The molecule has 0 spiro atoms. The molecule has 4 nitrogen and oxygen atoms in total. The van der Waals surface area contributed by atoms with Crippen molar-refractivity contribution in [3.05, 3.63) is 64.7 Å². The summed E-state index contributed by atoms with van der Waals surface area (Å²) >= 11 is 5.82. The minimum Gasteiger partial charge on any atom is -0.399 e. The van der Waals surface area contributed by atoms with Gasteiger partial charge in [-0.05, 0) is 42.3 Å². The zero-order valence-electron chi connectivity index (χ0n) is 11.6. The molecule has 0 bridgehead atoms. The first-order valence-corrected chi connectivity index (χ1v) is 8.49. The van der Waals surface area contributed by atoms with E-state index >= 15 is 0 Å². The maximum Gasteiger partial charge on any atom is 0.216 e. The van der Waals surface area contributed by atoms with Gasteiger partial charge in [0.25, 0.3) is 0 Å². The summed E-state index contributed by atoms with van der Waals surface area (Å²) < 4.78 is 27.0. The van der Waals surface area contributed by atoms with Crippen LogP contribution in [0.15, 0.2) is 48.5 Å². The SMILES string of the molecule is CC(NS(=O)(=O)Cc1cccc(N)c1)c1ccc(Cl)cc1. The van der Waals surface area contributed by atoms with Crippen LogP contribution in [0.5, 0.6) is 0 Å². The number of benzene rings is 2. The van der Waals surface area contributed by atoms with Crippen molar-refractivity contribution in [2.24, 2.45) is 0 Å². The average molecular weight is 325 g/mol. The van der Waals surface area contributed by atoms with Crippen molar-refractivity contribution in [3.63, 3.8) is 0 Å². The number of sulfonamides is 1. The van der Waals surface area contributed by atoms with Crippen molar-refractivity contribution in [1.82, 2.24) is 4.72 Å². The molecule has 21 heavy (non-hydrogen) atoms. The smallest absolute Gasteiger partial charge is 0.216 e. The van der Waals surface area contributed by atoms with E-state index < -0.39 is 10.0 Å². The molecule has 2 aromatic carbocycles. The van der Waals surface area contributed by atoms with Gasteiger partial charge in [-0.1, -0.05) is 35.9 Å². The first kappa shape index (κ1) is 15.8. The highest BCUT2D eigenvalue weighted by molar-refractivity contribution is 7.88. The van der Waals surface area contributed by atoms with Gasteiger partial charge in [0.15, 0.2) is 0 Å². The molecule has 0 saturated heterocycles. The van der Waals surface area contributed by atoms with Gasteiger partial charge in [0.1, 0.15) is 0 Å². The molecule has 0 aliphatic heterocycles. The Balaban J connectivity index is 2.08. The second-order valence-corrected chi connectivity index (χ2v) is 7.09. The number of nitrogens with one attached hydrogen (secondary N) is 1. The molecular weight excluding hydrogens is 308 g/mol. The van der Waals surface area contributed by atoms with Crippen molar-refractivity contribution in [3.8, 4) is 0 Å². The number of hydrogen-bond donors (Lipinski definition) is 2.